The molecular formula is C23H25F2N3O5. The van der Waals surface area contributed by atoms with Crippen molar-refractivity contribution < 1.29 is 33.0 Å². The number of amides is 1. The highest BCUT2D eigenvalue weighted by molar-refractivity contribution is 6.04. The zero-order chi connectivity index (χ0) is 24.1. The summed E-state index contributed by atoms with van der Waals surface area (Å²) in [6.07, 6.45) is 3.69. The van der Waals surface area contributed by atoms with E-state index in [1.54, 1.807) is 5.94 Å². The van der Waals surface area contributed by atoms with Gasteiger partial charge in [0.1, 0.15) is 23.1 Å². The van der Waals surface area contributed by atoms with Crippen LogP contribution < -0.4 is 10.6 Å². The fourth-order valence-corrected chi connectivity index (χ4v) is 3.97. The van der Waals surface area contributed by atoms with E-state index in [1.165, 1.54) is 24.3 Å². The zero-order valence-electron chi connectivity index (χ0n) is 18.3. The van der Waals surface area contributed by atoms with Gasteiger partial charge in [0.25, 0.3) is 5.91 Å². The van der Waals surface area contributed by atoms with Crippen LogP contribution in [0.4, 0.5) is 8.78 Å². The number of halogens is 2. The predicted octanol–water partition coefficient (Wildman–Crippen LogP) is 2.01. The zero-order valence-corrected chi connectivity index (χ0v) is 18.3. The second-order valence-corrected chi connectivity index (χ2v) is 7.93. The Morgan fingerprint density at radius 2 is 2.09 bits per heavy atom. The van der Waals surface area contributed by atoms with E-state index in [2.05, 4.69) is 10.6 Å². The number of carbonyl (C=O) groups excluding carboxylic acids is 2. The molecule has 1 aromatic rings. The first-order valence-electron chi connectivity index (χ1n) is 10.5. The number of hydrogen-bond acceptors (Lipinski definition) is 6. The molecule has 1 amide bonds. The first-order chi connectivity index (χ1) is 15.8. The number of benzene rings is 1. The Bertz CT molecular complexity index is 1060. The van der Waals surface area contributed by atoms with E-state index in [4.69, 9.17) is 4.74 Å². The van der Waals surface area contributed by atoms with E-state index in [0.717, 1.165) is 18.9 Å². The Labute approximate surface area is 189 Å². The number of nitrogens with one attached hydrogen (secondary N) is 2. The van der Waals surface area contributed by atoms with Crippen LogP contribution in [0.15, 0.2) is 47.0 Å². The number of rotatable bonds is 6. The monoisotopic (exact) mass is 461 g/mol. The number of aliphatic carboxylic acids is 1. The predicted molar refractivity (Wildman–Crippen MR) is 114 cm³/mol. The molecule has 33 heavy (non-hydrogen) atoms. The number of allylic oxidation sites excluding steroid dienone is 1. The lowest BCUT2D eigenvalue weighted by Crippen LogP contribution is -2.44. The molecule has 10 heteroatoms. The molecule has 3 N–H and O–H groups in total. The summed E-state index contributed by atoms with van der Waals surface area (Å²) >= 11 is 0. The number of carboxylic acids is 1. The minimum absolute atomic E-state index is 0.0466. The molecule has 3 rings (SSSR count). The van der Waals surface area contributed by atoms with E-state index in [9.17, 15) is 28.3 Å². The smallest absolute Gasteiger partial charge is 0.356 e. The Kier molecular flexibility index (Phi) is 7.63. The molecule has 2 aliphatic heterocycles. The molecule has 1 saturated heterocycles. The lowest BCUT2D eigenvalue weighted by molar-refractivity contribution is -0.135. The number of methoxy groups -OCH3 is 1. The van der Waals surface area contributed by atoms with Crippen molar-refractivity contribution in [2.75, 3.05) is 13.7 Å². The maximum absolute atomic E-state index is 13.9. The van der Waals surface area contributed by atoms with E-state index in [-0.39, 0.29) is 46.8 Å². The van der Waals surface area contributed by atoms with Gasteiger partial charge in [0.2, 0.25) is 0 Å². The van der Waals surface area contributed by atoms with Crippen LogP contribution in [0.5, 0.6) is 0 Å². The van der Waals surface area contributed by atoms with E-state index >= 15 is 0 Å². The normalized spacial score (nSPS) is 21.2. The third kappa shape index (κ3) is 5.30. The molecule has 0 spiro atoms. The van der Waals surface area contributed by atoms with Crippen molar-refractivity contribution in [1.82, 2.24) is 15.5 Å². The molecule has 0 aromatic heterocycles. The Balaban J connectivity index is 1.95. The maximum atomic E-state index is 13.9. The van der Waals surface area contributed by atoms with Gasteiger partial charge in [-0.3, -0.25) is 4.79 Å². The summed E-state index contributed by atoms with van der Waals surface area (Å²) in [6.45, 7) is 2.22. The molecule has 0 saturated carbocycles. The largest absolute Gasteiger partial charge is 0.493 e. The lowest BCUT2D eigenvalue weighted by Gasteiger charge is -2.35. The van der Waals surface area contributed by atoms with Crippen molar-refractivity contribution in [1.29, 1.82) is 0 Å². The molecule has 1 fully saturated rings. The Hall–Kier alpha value is -3.49. The highest BCUT2D eigenvalue weighted by atomic mass is 19.1. The summed E-state index contributed by atoms with van der Waals surface area (Å²) in [4.78, 5) is 38.2. The summed E-state index contributed by atoms with van der Waals surface area (Å²) < 4.78 is 32.3. The van der Waals surface area contributed by atoms with Gasteiger partial charge in [0, 0.05) is 43.0 Å². The van der Waals surface area contributed by atoms with Gasteiger partial charge in [-0.25, -0.2) is 18.4 Å². The van der Waals surface area contributed by atoms with Crippen LogP contribution >= 0.6 is 0 Å². The van der Waals surface area contributed by atoms with Gasteiger partial charge < -0.3 is 25.4 Å². The molecule has 176 valence electrons. The lowest BCUT2D eigenvalue weighted by atomic mass is 9.97. The number of carbonyl (C=O) groups is 2. The van der Waals surface area contributed by atoms with Gasteiger partial charge in [-0.1, -0.05) is 6.07 Å². The fourth-order valence-electron chi connectivity index (χ4n) is 3.97. The Morgan fingerprint density at radius 1 is 1.33 bits per heavy atom. The second-order valence-electron chi connectivity index (χ2n) is 7.93. The summed E-state index contributed by atoms with van der Waals surface area (Å²) in [5.74, 6) is -2.33. The molecule has 2 heterocycles. The first kappa shape index (κ1) is 24.2. The van der Waals surface area contributed by atoms with Crippen LogP contribution in [-0.4, -0.2) is 53.6 Å². The van der Waals surface area contributed by atoms with Gasteiger partial charge >= 0.3 is 5.97 Å². The Morgan fingerprint density at radius 3 is 2.73 bits per heavy atom. The van der Waals surface area contributed by atoms with Gasteiger partial charge in [0.15, 0.2) is 11.5 Å². The topological polar surface area (TPSA) is 108 Å². The number of carboxylic acid groups (broad SMARTS) is 1. The standard InChI is InChI=1S/C23H25F2N3O5/c1-13-4-3-5-16(10-26-13)28-11-17(18(12-29)21(33-2)20(28)23(31)32)22(30)27-9-14-6-7-15(24)8-19(14)25/h6-8,11,13,16,26H,3-5,9-10H2,1-2H3,(H,27,30)(H,31,32). The molecule has 0 radical (unpaired) electrons. The molecule has 1 aromatic carbocycles. The first-order valence-corrected chi connectivity index (χ1v) is 10.5. The highest BCUT2D eigenvalue weighted by Gasteiger charge is 2.37. The summed E-state index contributed by atoms with van der Waals surface area (Å²) in [5, 5.41) is 15.7. The highest BCUT2D eigenvalue weighted by Crippen LogP contribution is 2.33. The van der Waals surface area contributed by atoms with E-state index < -0.39 is 23.5 Å². The van der Waals surface area contributed by atoms with Gasteiger partial charge in [-0.15, -0.1) is 0 Å². The number of hydrogen-bond donors (Lipinski definition) is 3. The molecular weight excluding hydrogens is 436 g/mol. The van der Waals surface area contributed by atoms with Crippen LogP contribution in [0.1, 0.15) is 31.7 Å². The molecule has 8 nitrogen and oxygen atoms in total. The van der Waals surface area contributed by atoms with Gasteiger partial charge in [-0.2, -0.15) is 0 Å². The third-order valence-corrected chi connectivity index (χ3v) is 5.72. The molecule has 0 bridgehead atoms. The van der Waals surface area contributed by atoms with Crippen molar-refractivity contribution in [3.63, 3.8) is 0 Å². The van der Waals surface area contributed by atoms with Crippen LogP contribution in [-0.2, 0) is 25.7 Å². The molecule has 0 aliphatic carbocycles. The summed E-state index contributed by atoms with van der Waals surface area (Å²) in [5.41, 5.74) is -0.728. The average molecular weight is 461 g/mol. The summed E-state index contributed by atoms with van der Waals surface area (Å²) in [6, 6.07) is 2.90. The van der Waals surface area contributed by atoms with Crippen LogP contribution in [0, 0.1) is 11.6 Å². The fraction of sp³-hybridized carbons (Fsp3) is 0.391. The van der Waals surface area contributed by atoms with Crippen molar-refractivity contribution in [2.45, 2.75) is 44.8 Å². The van der Waals surface area contributed by atoms with Crippen LogP contribution in [0.25, 0.3) is 0 Å². The van der Waals surface area contributed by atoms with Gasteiger partial charge in [-0.05, 0) is 32.3 Å². The van der Waals surface area contributed by atoms with Crippen molar-refractivity contribution >= 4 is 17.8 Å². The molecule has 2 aliphatic rings. The quantitative estimate of drug-likeness (QED) is 0.557. The van der Waals surface area contributed by atoms with Crippen molar-refractivity contribution in [3.05, 3.63) is 64.2 Å². The molecule has 2 atom stereocenters. The summed E-state index contributed by atoms with van der Waals surface area (Å²) in [7, 11) is 1.20. The molecule has 2 unspecified atom stereocenters. The average Bonchev–Trinajstić information content (AvgIpc) is 3.00. The SMILES string of the molecule is COC1=C(C(=O)O)N(C2CCCC(C)NC2)C=C(C(=O)NCc2ccc(F)cc2F)C1=C=O. The van der Waals surface area contributed by atoms with E-state index in [1.807, 2.05) is 6.92 Å². The van der Waals surface area contributed by atoms with Crippen LogP contribution in [0.3, 0.4) is 0 Å². The van der Waals surface area contributed by atoms with Crippen LogP contribution in [0.2, 0.25) is 0 Å². The number of ether oxygens (including phenoxy) is 1. The second kappa shape index (κ2) is 10.4. The van der Waals surface area contributed by atoms with Crippen molar-refractivity contribution in [3.8, 4) is 0 Å². The minimum Gasteiger partial charge on any atom is -0.493 e. The van der Waals surface area contributed by atoms with E-state index in [0.29, 0.717) is 19.0 Å². The maximum Gasteiger partial charge on any atom is 0.356 e. The van der Waals surface area contributed by atoms with Crippen molar-refractivity contribution in [2.24, 2.45) is 0 Å². The third-order valence-electron chi connectivity index (χ3n) is 5.72. The van der Waals surface area contributed by atoms with Gasteiger partial charge in [0.05, 0.1) is 12.7 Å². The minimum atomic E-state index is -1.32. The number of nitrogens with zero attached hydrogens (tertiary/aromatic N) is 1.